The van der Waals surface area contributed by atoms with Gasteiger partial charge >= 0.3 is 0 Å². The average molecular weight is 380 g/mol. The van der Waals surface area contributed by atoms with Gasteiger partial charge in [0.05, 0.1) is 6.61 Å². The topological polar surface area (TPSA) is 87.0 Å². The number of benzene rings is 2. The van der Waals surface area contributed by atoms with E-state index in [1.165, 1.54) is 18.3 Å². The van der Waals surface area contributed by atoms with Gasteiger partial charge in [0, 0.05) is 32.7 Å². The summed E-state index contributed by atoms with van der Waals surface area (Å²) in [6.45, 7) is 4.02. The van der Waals surface area contributed by atoms with Gasteiger partial charge in [0.15, 0.2) is 5.43 Å². The van der Waals surface area contributed by atoms with E-state index in [1.54, 1.807) is 18.2 Å². The minimum atomic E-state index is -0.314. The largest absolute Gasteiger partial charge is 0.494 e. The Labute approximate surface area is 158 Å². The first-order valence-electron chi connectivity index (χ1n) is 8.51. The maximum absolute atomic E-state index is 12.9. The molecule has 0 atom stereocenters. The van der Waals surface area contributed by atoms with Crippen molar-refractivity contribution in [2.24, 2.45) is 0 Å². The number of aromatic nitrogens is 4. The van der Waals surface area contributed by atoms with Crippen LogP contribution in [0.3, 0.4) is 0 Å². The molecule has 4 rings (SSSR count). The van der Waals surface area contributed by atoms with E-state index in [0.717, 1.165) is 20.6 Å². The van der Waals surface area contributed by atoms with Gasteiger partial charge in [-0.15, -0.1) is 21.5 Å². The molecule has 2 aromatic heterocycles. The van der Waals surface area contributed by atoms with Crippen LogP contribution in [0.25, 0.3) is 31.6 Å². The van der Waals surface area contributed by atoms with Crippen LogP contribution in [0.1, 0.15) is 25.1 Å². The van der Waals surface area contributed by atoms with Crippen LogP contribution >= 0.6 is 11.3 Å². The Morgan fingerprint density at radius 2 is 2.00 bits per heavy atom. The number of rotatable bonds is 4. The van der Waals surface area contributed by atoms with Gasteiger partial charge in [0.2, 0.25) is 5.82 Å². The normalized spacial score (nSPS) is 11.2. The predicted octanol–water partition coefficient (Wildman–Crippen LogP) is 3.52. The zero-order valence-corrected chi connectivity index (χ0v) is 15.6. The van der Waals surface area contributed by atoms with Crippen molar-refractivity contribution in [2.75, 3.05) is 6.61 Å². The van der Waals surface area contributed by atoms with Crippen molar-refractivity contribution in [3.63, 3.8) is 0 Å². The monoisotopic (exact) mass is 380 g/mol. The number of hydrogen-bond donors (Lipinski definition) is 0. The van der Waals surface area contributed by atoms with Gasteiger partial charge in [-0.05, 0) is 42.0 Å². The fourth-order valence-corrected chi connectivity index (χ4v) is 3.84. The maximum Gasteiger partial charge on any atom is 0.263 e. The number of carbonyl (C=O) groups excluding carboxylic acids is 1. The summed E-state index contributed by atoms with van der Waals surface area (Å²) in [5, 5.41) is 13.0. The molecule has 0 radical (unpaired) electrons. The lowest BCUT2D eigenvalue weighted by atomic mass is 10.1. The molecular weight excluding hydrogens is 364 g/mol. The van der Waals surface area contributed by atoms with Gasteiger partial charge in [-0.1, -0.05) is 17.8 Å². The van der Waals surface area contributed by atoms with Gasteiger partial charge in [0.1, 0.15) is 5.75 Å². The van der Waals surface area contributed by atoms with Gasteiger partial charge in [-0.25, -0.2) is 0 Å². The number of nitrogens with zero attached hydrogens (tertiary/aromatic N) is 4. The first-order valence-corrected chi connectivity index (χ1v) is 9.33. The van der Waals surface area contributed by atoms with E-state index in [9.17, 15) is 9.59 Å². The molecule has 27 heavy (non-hydrogen) atoms. The summed E-state index contributed by atoms with van der Waals surface area (Å²) >= 11 is 1.51. The third kappa shape index (κ3) is 3.19. The molecule has 0 unspecified atom stereocenters. The second-order valence-electron chi connectivity index (χ2n) is 6.07. The van der Waals surface area contributed by atoms with E-state index in [4.69, 9.17) is 4.74 Å². The van der Waals surface area contributed by atoms with E-state index in [-0.39, 0.29) is 11.3 Å². The third-order valence-corrected chi connectivity index (χ3v) is 5.20. The highest BCUT2D eigenvalue weighted by Gasteiger charge is 2.12. The highest BCUT2D eigenvalue weighted by molar-refractivity contribution is 7.24. The van der Waals surface area contributed by atoms with Crippen molar-refractivity contribution in [1.82, 2.24) is 20.2 Å². The fourth-order valence-electron chi connectivity index (χ4n) is 2.75. The molecule has 8 heteroatoms. The Morgan fingerprint density at radius 3 is 2.74 bits per heavy atom. The molecule has 0 saturated carbocycles. The fraction of sp³-hybridized carbons (Fsp3) is 0.211. The number of ether oxygens (including phenoxy) is 1. The predicted molar refractivity (Wildman–Crippen MR) is 104 cm³/mol. The van der Waals surface area contributed by atoms with Crippen LogP contribution in [0.15, 0.2) is 41.2 Å². The van der Waals surface area contributed by atoms with E-state index >= 15 is 0 Å². The Morgan fingerprint density at radius 1 is 1.15 bits per heavy atom. The first kappa shape index (κ1) is 17.3. The molecule has 0 amide bonds. The number of hydrogen-bond acceptors (Lipinski definition) is 7. The maximum atomic E-state index is 12.9. The smallest absolute Gasteiger partial charge is 0.263 e. The summed E-state index contributed by atoms with van der Waals surface area (Å²) in [6.07, 6.45) is 0.910. The summed E-state index contributed by atoms with van der Waals surface area (Å²) in [7, 11) is 0. The summed E-state index contributed by atoms with van der Waals surface area (Å²) in [4.78, 5) is 25.2. The van der Waals surface area contributed by atoms with Crippen molar-refractivity contribution in [2.45, 2.75) is 20.3 Å². The standard InChI is InChI=1S/C19H16N4O3S/c1-3-8-26-13-5-7-16-15(10-13)18(25)14-6-4-12(9-17(14)27-16)19-20-22-23(21-19)11(2)24/h4-7,9-10H,3,8H2,1-2H3. The van der Waals surface area contributed by atoms with Crippen LogP contribution in [0, 0.1) is 0 Å². The van der Waals surface area contributed by atoms with E-state index in [0.29, 0.717) is 34.5 Å². The average Bonchev–Trinajstić information content (AvgIpc) is 3.17. The summed E-state index contributed by atoms with van der Waals surface area (Å²) in [5.41, 5.74) is 0.667. The van der Waals surface area contributed by atoms with Gasteiger partial charge in [-0.3, -0.25) is 9.59 Å². The van der Waals surface area contributed by atoms with Gasteiger partial charge < -0.3 is 4.74 Å². The van der Waals surface area contributed by atoms with Crippen molar-refractivity contribution in [1.29, 1.82) is 0 Å². The molecule has 0 N–H and O–H groups in total. The molecule has 7 nitrogen and oxygen atoms in total. The van der Waals surface area contributed by atoms with Crippen LogP contribution in [0.5, 0.6) is 5.75 Å². The number of carbonyl (C=O) groups is 1. The summed E-state index contributed by atoms with van der Waals surface area (Å²) < 4.78 is 7.35. The minimum absolute atomic E-state index is 0.0346. The molecule has 0 aliphatic rings. The molecular formula is C19H16N4O3S. The van der Waals surface area contributed by atoms with Crippen LogP contribution < -0.4 is 10.2 Å². The van der Waals surface area contributed by atoms with Crippen molar-refractivity contribution < 1.29 is 9.53 Å². The molecule has 0 saturated heterocycles. The second kappa shape index (κ2) is 6.88. The quantitative estimate of drug-likeness (QED) is 0.504. The van der Waals surface area contributed by atoms with E-state index in [2.05, 4.69) is 15.4 Å². The summed E-state index contributed by atoms with van der Waals surface area (Å²) in [5.74, 6) is 0.733. The Hall–Kier alpha value is -3.13. The molecule has 2 heterocycles. The Balaban J connectivity index is 1.83. The Bertz CT molecular complexity index is 1230. The minimum Gasteiger partial charge on any atom is -0.494 e. The van der Waals surface area contributed by atoms with Crippen LogP contribution in [0.2, 0.25) is 0 Å². The van der Waals surface area contributed by atoms with Crippen LogP contribution in [0.4, 0.5) is 0 Å². The SMILES string of the molecule is CCCOc1ccc2sc3cc(-c4nnn(C(C)=O)n4)ccc3c(=O)c2c1. The lowest BCUT2D eigenvalue weighted by Crippen LogP contribution is -2.09. The second-order valence-corrected chi connectivity index (χ2v) is 7.15. The molecule has 4 aromatic rings. The lowest BCUT2D eigenvalue weighted by molar-refractivity contribution is 0.0901. The van der Waals surface area contributed by atoms with E-state index < -0.39 is 0 Å². The highest BCUT2D eigenvalue weighted by atomic mass is 32.1. The molecule has 0 aliphatic carbocycles. The molecule has 0 bridgehead atoms. The zero-order chi connectivity index (χ0) is 19.0. The third-order valence-electron chi connectivity index (χ3n) is 4.07. The van der Waals surface area contributed by atoms with Gasteiger partial charge in [-0.2, -0.15) is 0 Å². The van der Waals surface area contributed by atoms with Crippen molar-refractivity contribution in [3.8, 4) is 17.1 Å². The first-order chi connectivity index (χ1) is 13.1. The molecule has 136 valence electrons. The van der Waals surface area contributed by atoms with Crippen LogP contribution in [-0.4, -0.2) is 32.7 Å². The van der Waals surface area contributed by atoms with Gasteiger partial charge in [0.25, 0.3) is 5.91 Å². The van der Waals surface area contributed by atoms with E-state index in [1.807, 2.05) is 25.1 Å². The molecule has 0 fully saturated rings. The Kier molecular flexibility index (Phi) is 4.41. The zero-order valence-electron chi connectivity index (χ0n) is 14.8. The van der Waals surface area contributed by atoms with Crippen molar-refractivity contribution in [3.05, 3.63) is 46.6 Å². The highest BCUT2D eigenvalue weighted by Crippen LogP contribution is 2.29. The van der Waals surface area contributed by atoms with Crippen molar-refractivity contribution >= 4 is 37.4 Å². The molecule has 0 spiro atoms. The molecule has 0 aliphatic heterocycles. The molecule has 2 aromatic carbocycles. The van der Waals surface area contributed by atoms with Crippen LogP contribution in [-0.2, 0) is 0 Å². The summed E-state index contributed by atoms with van der Waals surface area (Å²) in [6, 6.07) is 11.0. The number of tetrazole rings is 1. The number of fused-ring (bicyclic) bond motifs is 2. The lowest BCUT2D eigenvalue weighted by Gasteiger charge is -2.06.